The van der Waals surface area contributed by atoms with Crippen LogP contribution >= 0.6 is 24.8 Å². The Morgan fingerprint density at radius 3 is 2.38 bits per heavy atom. The number of piperazine rings is 1. The van der Waals surface area contributed by atoms with Crippen LogP contribution in [-0.4, -0.2) is 82.1 Å². The Morgan fingerprint density at radius 1 is 1.14 bits per heavy atom. The lowest BCUT2D eigenvalue weighted by Crippen LogP contribution is -2.51. The third kappa shape index (κ3) is 6.27. The molecule has 1 unspecified atom stereocenters. The molecule has 29 heavy (non-hydrogen) atoms. The lowest BCUT2D eigenvalue weighted by Gasteiger charge is -2.32. The van der Waals surface area contributed by atoms with Crippen molar-refractivity contribution in [2.45, 2.75) is 24.8 Å². The first-order valence-electron chi connectivity index (χ1n) is 9.34. The van der Waals surface area contributed by atoms with E-state index in [0.717, 1.165) is 26.2 Å². The summed E-state index contributed by atoms with van der Waals surface area (Å²) in [7, 11) is -3.61. The van der Waals surface area contributed by atoms with Crippen molar-refractivity contribution in [3.8, 4) is 0 Å². The number of benzene rings is 1. The maximum absolute atomic E-state index is 13.0. The molecule has 1 aromatic rings. The van der Waals surface area contributed by atoms with Crippen molar-refractivity contribution in [2.75, 3.05) is 57.8 Å². The lowest BCUT2D eigenvalue weighted by molar-refractivity contribution is -0.120. The maximum Gasteiger partial charge on any atom is 0.243 e. The van der Waals surface area contributed by atoms with Gasteiger partial charge < -0.3 is 15.4 Å². The fraction of sp³-hybridized carbons (Fsp3) is 0.611. The number of hydrogen-bond donors (Lipinski definition) is 2. The zero-order valence-electron chi connectivity index (χ0n) is 16.7. The summed E-state index contributed by atoms with van der Waals surface area (Å²) in [5.74, 6) is -0.129. The average Bonchev–Trinajstić information content (AvgIpc) is 2.70. The van der Waals surface area contributed by atoms with Gasteiger partial charge in [0.2, 0.25) is 15.9 Å². The number of carbonyl (C=O) groups excluding carboxylic acids is 1. The average molecular weight is 469 g/mol. The van der Waals surface area contributed by atoms with E-state index in [9.17, 15) is 13.2 Å². The summed E-state index contributed by atoms with van der Waals surface area (Å²) < 4.78 is 32.6. The topological polar surface area (TPSA) is 91.0 Å². The molecule has 0 saturated carbocycles. The predicted molar refractivity (Wildman–Crippen MR) is 118 cm³/mol. The quantitative estimate of drug-likeness (QED) is 0.671. The molecule has 2 N–H and O–H groups in total. The second kappa shape index (κ2) is 11.5. The molecular weight excluding hydrogens is 439 g/mol. The molecule has 166 valence electrons. The Bertz CT molecular complexity index is 782. The Kier molecular flexibility index (Phi) is 10.3. The lowest BCUT2D eigenvalue weighted by atomic mass is 10.2. The van der Waals surface area contributed by atoms with Gasteiger partial charge in [-0.05, 0) is 31.5 Å². The highest BCUT2D eigenvalue weighted by atomic mass is 35.5. The number of carbonyl (C=O) groups is 1. The van der Waals surface area contributed by atoms with Gasteiger partial charge in [0.15, 0.2) is 0 Å². The number of rotatable bonds is 5. The summed E-state index contributed by atoms with van der Waals surface area (Å²) in [6.45, 7) is 8.50. The van der Waals surface area contributed by atoms with Crippen LogP contribution in [-0.2, 0) is 19.6 Å². The number of sulfonamides is 1. The van der Waals surface area contributed by atoms with Crippen molar-refractivity contribution >= 4 is 46.4 Å². The molecule has 0 bridgehead atoms. The Balaban J connectivity index is 0.00000210. The number of nitrogens with one attached hydrogen (secondary N) is 2. The minimum atomic E-state index is -3.61. The standard InChI is InChI=1S/C18H28N4O4S.2ClH/c1-14-3-4-16(20-18(23)15(2)21-7-5-19-6-8-21)13-17(14)27(24,25)22-9-11-26-12-10-22;;/h3-4,13,15,19H,5-12H2,1-2H3,(H,20,23);2*1H. The molecule has 2 fully saturated rings. The third-order valence-corrected chi connectivity index (χ3v) is 7.16. The molecule has 1 aromatic carbocycles. The molecule has 0 aliphatic carbocycles. The molecule has 2 aliphatic rings. The van der Waals surface area contributed by atoms with Gasteiger partial charge in [0.1, 0.15) is 0 Å². The van der Waals surface area contributed by atoms with Crippen LogP contribution in [0.5, 0.6) is 0 Å². The molecule has 11 heteroatoms. The van der Waals surface area contributed by atoms with Crippen LogP contribution in [0.4, 0.5) is 5.69 Å². The van der Waals surface area contributed by atoms with Crippen molar-refractivity contribution < 1.29 is 17.9 Å². The second-order valence-electron chi connectivity index (χ2n) is 6.95. The smallest absolute Gasteiger partial charge is 0.243 e. The van der Waals surface area contributed by atoms with Crippen LogP contribution < -0.4 is 10.6 Å². The zero-order chi connectivity index (χ0) is 19.4. The summed E-state index contributed by atoms with van der Waals surface area (Å²) in [6, 6.07) is 4.77. The van der Waals surface area contributed by atoms with E-state index >= 15 is 0 Å². The van der Waals surface area contributed by atoms with E-state index in [4.69, 9.17) is 4.74 Å². The first kappa shape index (κ1) is 26.1. The molecule has 8 nitrogen and oxygen atoms in total. The van der Waals surface area contributed by atoms with Gasteiger partial charge in [0, 0.05) is 45.0 Å². The molecule has 0 spiro atoms. The summed E-state index contributed by atoms with van der Waals surface area (Å²) >= 11 is 0. The summed E-state index contributed by atoms with van der Waals surface area (Å²) in [4.78, 5) is 15.0. The van der Waals surface area contributed by atoms with Crippen LogP contribution in [0, 0.1) is 6.92 Å². The van der Waals surface area contributed by atoms with Crippen LogP contribution in [0.3, 0.4) is 0 Å². The molecule has 2 saturated heterocycles. The molecule has 0 aromatic heterocycles. The van der Waals surface area contributed by atoms with E-state index < -0.39 is 10.0 Å². The van der Waals surface area contributed by atoms with E-state index in [1.807, 2.05) is 6.92 Å². The van der Waals surface area contributed by atoms with Gasteiger partial charge in [-0.3, -0.25) is 9.69 Å². The number of morpholine rings is 1. The minimum Gasteiger partial charge on any atom is -0.379 e. The third-order valence-electron chi connectivity index (χ3n) is 5.12. The Morgan fingerprint density at radius 2 is 1.76 bits per heavy atom. The number of anilines is 1. The van der Waals surface area contributed by atoms with Gasteiger partial charge in [-0.15, -0.1) is 24.8 Å². The SMILES string of the molecule is Cc1ccc(NC(=O)C(C)N2CCNCC2)cc1S(=O)(=O)N1CCOCC1.Cl.Cl. The number of halogens is 2. The van der Waals surface area contributed by atoms with Crippen molar-refractivity contribution in [2.24, 2.45) is 0 Å². The molecule has 1 atom stereocenters. The van der Waals surface area contributed by atoms with Crippen LogP contribution in [0.1, 0.15) is 12.5 Å². The second-order valence-corrected chi connectivity index (χ2v) is 8.85. The van der Waals surface area contributed by atoms with Gasteiger partial charge in [-0.1, -0.05) is 6.07 Å². The van der Waals surface area contributed by atoms with E-state index in [1.165, 1.54) is 4.31 Å². The fourth-order valence-electron chi connectivity index (χ4n) is 3.36. The van der Waals surface area contributed by atoms with Crippen LogP contribution in [0.2, 0.25) is 0 Å². The van der Waals surface area contributed by atoms with Crippen molar-refractivity contribution in [3.63, 3.8) is 0 Å². The summed E-state index contributed by atoms with van der Waals surface area (Å²) in [6.07, 6.45) is 0. The highest BCUT2D eigenvalue weighted by Crippen LogP contribution is 2.24. The number of aryl methyl sites for hydroxylation is 1. The van der Waals surface area contributed by atoms with E-state index in [1.54, 1.807) is 25.1 Å². The number of hydrogen-bond acceptors (Lipinski definition) is 6. The van der Waals surface area contributed by atoms with Crippen LogP contribution in [0.15, 0.2) is 23.1 Å². The van der Waals surface area contributed by atoms with Gasteiger partial charge in [0.25, 0.3) is 0 Å². The van der Waals surface area contributed by atoms with E-state index in [2.05, 4.69) is 15.5 Å². The minimum absolute atomic E-state index is 0. The normalized spacial score (nSPS) is 19.5. The van der Waals surface area contributed by atoms with Gasteiger partial charge >= 0.3 is 0 Å². The van der Waals surface area contributed by atoms with Crippen LogP contribution in [0.25, 0.3) is 0 Å². The van der Waals surface area contributed by atoms with Gasteiger partial charge in [-0.25, -0.2) is 8.42 Å². The van der Waals surface area contributed by atoms with Crippen molar-refractivity contribution in [1.29, 1.82) is 0 Å². The number of ether oxygens (including phenoxy) is 1. The molecule has 3 rings (SSSR count). The van der Waals surface area contributed by atoms with Gasteiger partial charge in [0.05, 0.1) is 24.2 Å². The predicted octanol–water partition coefficient (Wildman–Crippen LogP) is 1.09. The summed E-state index contributed by atoms with van der Waals surface area (Å²) in [5.41, 5.74) is 1.16. The monoisotopic (exact) mass is 468 g/mol. The molecule has 2 aliphatic heterocycles. The molecular formula is C18H30Cl2N4O4S. The van der Waals surface area contributed by atoms with Crippen molar-refractivity contribution in [1.82, 2.24) is 14.5 Å². The fourth-order valence-corrected chi connectivity index (χ4v) is 5.02. The molecule has 1 amide bonds. The summed E-state index contributed by atoms with van der Waals surface area (Å²) in [5, 5.41) is 6.14. The highest BCUT2D eigenvalue weighted by Gasteiger charge is 2.28. The Hall–Kier alpha value is -0.940. The first-order chi connectivity index (χ1) is 12.9. The van der Waals surface area contributed by atoms with E-state index in [0.29, 0.717) is 37.6 Å². The van der Waals surface area contributed by atoms with Crippen molar-refractivity contribution in [3.05, 3.63) is 23.8 Å². The number of nitrogens with zero attached hydrogens (tertiary/aromatic N) is 2. The zero-order valence-corrected chi connectivity index (χ0v) is 19.2. The number of amides is 1. The molecule has 2 heterocycles. The van der Waals surface area contributed by atoms with Gasteiger partial charge in [-0.2, -0.15) is 4.31 Å². The Labute approximate surface area is 185 Å². The highest BCUT2D eigenvalue weighted by molar-refractivity contribution is 7.89. The maximum atomic E-state index is 13.0. The first-order valence-corrected chi connectivity index (χ1v) is 10.8. The largest absolute Gasteiger partial charge is 0.379 e. The van der Waals surface area contributed by atoms with E-state index in [-0.39, 0.29) is 41.7 Å². The molecule has 0 radical (unpaired) electrons.